The average molecular weight is 778 g/mol. The Kier molecular flexibility index (Phi) is 9.92. The number of anilines is 2. The second-order valence-electron chi connectivity index (χ2n) is 14.9. The number of aromatic nitrogens is 7. The second kappa shape index (κ2) is 14.8. The van der Waals surface area contributed by atoms with Gasteiger partial charge in [-0.1, -0.05) is 17.7 Å². The number of hydrogen-bond acceptors (Lipinski definition) is 9. The van der Waals surface area contributed by atoms with Crippen LogP contribution in [0.4, 0.5) is 20.2 Å². The number of imidazole rings is 1. The van der Waals surface area contributed by atoms with Crippen molar-refractivity contribution in [1.29, 1.82) is 0 Å². The molecule has 0 radical (unpaired) electrons. The SMILES string of the molecule is CN(C[C@H]1CC[C@H](n2cc(NC(=O)c3cnn4cc(Cl)cnc34)c(C(F)F)n2)CC1)C1CCN(c2cccc3c2n(C)c(=O)n3C2CCC(=O)NC2=O)CC1. The molecule has 15 nitrogen and oxygen atoms in total. The van der Waals surface area contributed by atoms with E-state index in [0.717, 1.165) is 69.4 Å². The Morgan fingerprint density at radius 2 is 1.82 bits per heavy atom. The number of halogens is 3. The summed E-state index contributed by atoms with van der Waals surface area (Å²) < 4.78 is 34.2. The van der Waals surface area contributed by atoms with Gasteiger partial charge in [0.1, 0.15) is 11.6 Å². The first-order valence-corrected chi connectivity index (χ1v) is 19.0. The predicted molar refractivity (Wildman–Crippen MR) is 201 cm³/mol. The number of hydrogen-bond donors (Lipinski definition) is 2. The lowest BCUT2D eigenvalue weighted by atomic mass is 9.85. The van der Waals surface area contributed by atoms with Crippen LogP contribution < -0.4 is 21.2 Å². The highest BCUT2D eigenvalue weighted by atomic mass is 35.5. The van der Waals surface area contributed by atoms with E-state index in [1.807, 2.05) is 18.2 Å². The molecule has 2 aliphatic heterocycles. The summed E-state index contributed by atoms with van der Waals surface area (Å²) in [5.74, 6) is -0.928. The van der Waals surface area contributed by atoms with E-state index in [1.54, 1.807) is 16.3 Å². The van der Waals surface area contributed by atoms with Crippen LogP contribution in [0.2, 0.25) is 5.02 Å². The van der Waals surface area contributed by atoms with Gasteiger partial charge in [-0.3, -0.25) is 33.5 Å². The van der Waals surface area contributed by atoms with Gasteiger partial charge in [0, 0.05) is 51.5 Å². The molecule has 0 spiro atoms. The molecule has 1 aromatic carbocycles. The molecule has 8 rings (SSSR count). The minimum atomic E-state index is -2.87. The molecule has 1 unspecified atom stereocenters. The van der Waals surface area contributed by atoms with Gasteiger partial charge < -0.3 is 15.1 Å². The molecule has 6 heterocycles. The highest BCUT2D eigenvalue weighted by Gasteiger charge is 2.34. The van der Waals surface area contributed by atoms with E-state index in [-0.39, 0.29) is 47.4 Å². The third kappa shape index (κ3) is 6.99. The van der Waals surface area contributed by atoms with Crippen molar-refractivity contribution in [1.82, 2.24) is 43.7 Å². The third-order valence-electron chi connectivity index (χ3n) is 11.6. The Labute approximate surface area is 319 Å². The van der Waals surface area contributed by atoms with Crippen LogP contribution in [-0.4, -0.2) is 88.9 Å². The lowest BCUT2D eigenvalue weighted by Gasteiger charge is -2.40. The molecule has 18 heteroatoms. The molecular weight excluding hydrogens is 736 g/mol. The number of nitrogens with one attached hydrogen (secondary N) is 2. The van der Waals surface area contributed by atoms with Crippen molar-refractivity contribution in [2.45, 2.75) is 75.9 Å². The zero-order valence-electron chi connectivity index (χ0n) is 30.5. The molecule has 1 saturated carbocycles. The summed E-state index contributed by atoms with van der Waals surface area (Å²) in [6.45, 7) is 2.55. The molecule has 3 amide bonds. The van der Waals surface area contributed by atoms with Gasteiger partial charge in [0.2, 0.25) is 11.8 Å². The third-order valence-corrected chi connectivity index (χ3v) is 11.7. The Hall–Kier alpha value is -5.16. The molecule has 55 heavy (non-hydrogen) atoms. The summed E-state index contributed by atoms with van der Waals surface area (Å²) in [6.07, 6.45) is 8.64. The maximum absolute atomic E-state index is 14.1. The van der Waals surface area contributed by atoms with Crippen LogP contribution in [0.1, 0.15) is 85.9 Å². The normalized spacial score (nSPS) is 21.3. The molecule has 4 aromatic heterocycles. The van der Waals surface area contributed by atoms with Crippen LogP contribution >= 0.6 is 11.6 Å². The van der Waals surface area contributed by atoms with Gasteiger partial charge in [0.25, 0.3) is 12.3 Å². The second-order valence-corrected chi connectivity index (χ2v) is 15.4. The van der Waals surface area contributed by atoms with Crippen molar-refractivity contribution in [3.8, 4) is 0 Å². The fourth-order valence-corrected chi connectivity index (χ4v) is 8.79. The van der Waals surface area contributed by atoms with Gasteiger partial charge in [-0.25, -0.2) is 23.1 Å². The lowest BCUT2D eigenvalue weighted by Crippen LogP contribution is -2.45. The van der Waals surface area contributed by atoms with Gasteiger partial charge in [0.05, 0.1) is 45.9 Å². The van der Waals surface area contributed by atoms with Gasteiger partial charge in [-0.2, -0.15) is 10.2 Å². The number of piperidine rings is 2. The fourth-order valence-electron chi connectivity index (χ4n) is 8.65. The summed E-state index contributed by atoms with van der Waals surface area (Å²) >= 11 is 5.96. The quantitative estimate of drug-likeness (QED) is 0.202. The van der Waals surface area contributed by atoms with Crippen LogP contribution in [0.5, 0.6) is 0 Å². The number of para-hydroxylation sites is 1. The van der Waals surface area contributed by atoms with Crippen molar-refractivity contribution < 1.29 is 23.2 Å². The molecule has 0 bridgehead atoms. The van der Waals surface area contributed by atoms with Crippen LogP contribution in [0.3, 0.4) is 0 Å². The predicted octanol–water partition coefficient (Wildman–Crippen LogP) is 4.73. The first-order valence-electron chi connectivity index (χ1n) is 18.6. The van der Waals surface area contributed by atoms with Crippen LogP contribution in [0, 0.1) is 5.92 Å². The van der Waals surface area contributed by atoms with Gasteiger partial charge >= 0.3 is 5.69 Å². The van der Waals surface area contributed by atoms with E-state index in [4.69, 9.17) is 11.6 Å². The number of aryl methyl sites for hydroxylation is 1. The zero-order chi connectivity index (χ0) is 38.5. The van der Waals surface area contributed by atoms with Crippen LogP contribution in [0.25, 0.3) is 16.7 Å². The van der Waals surface area contributed by atoms with E-state index in [9.17, 15) is 28.0 Å². The number of nitrogens with zero attached hydrogens (tertiary/aromatic N) is 9. The molecule has 290 valence electrons. The number of imide groups is 1. The van der Waals surface area contributed by atoms with Crippen molar-refractivity contribution in [2.75, 3.05) is 36.9 Å². The van der Waals surface area contributed by atoms with Crippen molar-refractivity contribution in [2.24, 2.45) is 13.0 Å². The summed E-state index contributed by atoms with van der Waals surface area (Å²) in [4.78, 5) is 59.9. The summed E-state index contributed by atoms with van der Waals surface area (Å²) in [6, 6.07) is 5.40. The van der Waals surface area contributed by atoms with Crippen molar-refractivity contribution in [3.05, 3.63) is 69.8 Å². The fraction of sp³-hybridized carbons (Fsp3) is 0.486. The van der Waals surface area contributed by atoms with Gasteiger partial charge in [-0.05, 0) is 70.0 Å². The first kappa shape index (κ1) is 36.8. The summed E-state index contributed by atoms with van der Waals surface area (Å²) in [5.41, 5.74) is 2.02. The number of alkyl halides is 2. The summed E-state index contributed by atoms with van der Waals surface area (Å²) in [5, 5.41) is 13.6. The van der Waals surface area contributed by atoms with Crippen LogP contribution in [-0.2, 0) is 16.6 Å². The highest BCUT2D eigenvalue weighted by molar-refractivity contribution is 6.30. The Balaban J connectivity index is 0.867. The number of carbonyl (C=O) groups is 3. The molecule has 5 aromatic rings. The van der Waals surface area contributed by atoms with E-state index in [1.165, 1.54) is 33.9 Å². The molecule has 1 atom stereocenters. The van der Waals surface area contributed by atoms with E-state index in [0.29, 0.717) is 22.5 Å². The molecule has 3 fully saturated rings. The van der Waals surface area contributed by atoms with E-state index in [2.05, 4.69) is 42.7 Å². The highest BCUT2D eigenvalue weighted by Crippen LogP contribution is 2.37. The number of carbonyl (C=O) groups excluding carboxylic acids is 3. The maximum atomic E-state index is 14.1. The van der Waals surface area contributed by atoms with Gasteiger partial charge in [0.15, 0.2) is 11.3 Å². The maximum Gasteiger partial charge on any atom is 0.329 e. The standard InChI is InChI=1S/C37H42ClF2N11O4/c1-46(23-12-14-48(15-13-23)27-4-3-5-28-32(27)47(2)37(55)51(28)29-10-11-30(52)44-36(29)54)18-21-6-8-24(9-7-21)49-20-26(31(45-49)33(39)40)43-35(53)25-17-42-50-19-22(38)16-41-34(25)50/h3-5,16-17,19-21,23-24,29,33H,6-15,18H2,1-2H3,(H,43,53)(H,44,52,54)/t21-,24-,29?. The minimum absolute atomic E-state index is 0.0353. The first-order chi connectivity index (χ1) is 26.5. The largest absolute Gasteiger partial charge is 0.370 e. The average Bonchev–Trinajstić information content (AvgIpc) is 3.86. The Morgan fingerprint density at radius 1 is 1.05 bits per heavy atom. The van der Waals surface area contributed by atoms with E-state index < -0.39 is 30.0 Å². The molecule has 1 aliphatic carbocycles. The number of fused-ring (bicyclic) bond motifs is 2. The number of benzene rings is 1. The summed E-state index contributed by atoms with van der Waals surface area (Å²) in [7, 11) is 3.90. The Morgan fingerprint density at radius 3 is 2.55 bits per heavy atom. The Bertz CT molecular complexity index is 2340. The van der Waals surface area contributed by atoms with Gasteiger partial charge in [-0.15, -0.1) is 0 Å². The van der Waals surface area contributed by atoms with Crippen LogP contribution in [0.15, 0.2) is 47.8 Å². The monoisotopic (exact) mass is 777 g/mol. The molecule has 2 N–H and O–H groups in total. The topological polar surface area (TPSA) is 157 Å². The zero-order valence-corrected chi connectivity index (χ0v) is 31.3. The number of amides is 3. The smallest absolute Gasteiger partial charge is 0.329 e. The molecular formula is C37H42ClF2N11O4. The molecule has 2 saturated heterocycles. The van der Waals surface area contributed by atoms with Crippen molar-refractivity contribution >= 4 is 57.4 Å². The van der Waals surface area contributed by atoms with E-state index >= 15 is 0 Å². The number of rotatable bonds is 9. The molecule has 3 aliphatic rings. The van der Waals surface area contributed by atoms with Crippen molar-refractivity contribution in [3.63, 3.8) is 0 Å². The lowest BCUT2D eigenvalue weighted by molar-refractivity contribution is -0.135. The minimum Gasteiger partial charge on any atom is -0.370 e.